The van der Waals surface area contributed by atoms with E-state index in [0.717, 1.165) is 22.0 Å². The molecule has 2 saturated heterocycles. The second-order valence-corrected chi connectivity index (χ2v) is 28.9. The quantitative estimate of drug-likeness (QED) is 0.0256. The summed E-state index contributed by atoms with van der Waals surface area (Å²) in [4.78, 5) is 160. The van der Waals surface area contributed by atoms with E-state index >= 15 is 0 Å². The Morgan fingerprint density at radius 3 is 1.61 bits per heavy atom. The van der Waals surface area contributed by atoms with E-state index in [-0.39, 0.29) is 123 Å². The Morgan fingerprint density at radius 2 is 1.11 bits per heavy atom. The molecule has 0 spiro atoms. The van der Waals surface area contributed by atoms with E-state index in [2.05, 4.69) is 31.6 Å². The second kappa shape index (κ2) is 48.4. The molecule has 0 aliphatic carbocycles. The fraction of sp³-hybridized carbons (Fsp3) is 0.556. The number of aliphatic hydroxyl groups is 2. The zero-order chi connectivity index (χ0) is 77.0. The van der Waals surface area contributed by atoms with Crippen molar-refractivity contribution in [3.05, 3.63) is 102 Å². The van der Waals surface area contributed by atoms with Crippen molar-refractivity contribution in [2.45, 2.75) is 142 Å². The minimum Gasteiger partial charge on any atom is -0.508 e. The van der Waals surface area contributed by atoms with E-state index in [1.165, 1.54) is 43.7 Å². The van der Waals surface area contributed by atoms with Gasteiger partial charge < -0.3 is 73.0 Å². The van der Waals surface area contributed by atoms with E-state index in [4.69, 9.17) is 15.9 Å². The van der Waals surface area contributed by atoms with Crippen LogP contribution in [0.15, 0.2) is 85.1 Å². The molecule has 3 heterocycles. The van der Waals surface area contributed by atoms with Crippen molar-refractivity contribution in [3.63, 3.8) is 0 Å². The number of phenols is 1. The number of carboxylic acids is 4. The number of aromatic hydroxyl groups is 1. The summed E-state index contributed by atoms with van der Waals surface area (Å²) in [6.07, 6.45) is 1.76. The predicted molar refractivity (Wildman–Crippen MR) is 393 cm³/mol. The van der Waals surface area contributed by atoms with Gasteiger partial charge in [-0.1, -0.05) is 103 Å². The summed E-state index contributed by atoms with van der Waals surface area (Å²) in [5.74, 6) is -7.65. The fourth-order valence-corrected chi connectivity index (χ4v) is 14.3. The van der Waals surface area contributed by atoms with Crippen LogP contribution in [0.4, 0.5) is 0 Å². The smallest absolute Gasteiger partial charge is 0.328 e. The van der Waals surface area contributed by atoms with E-state index in [1.54, 1.807) is 57.7 Å². The van der Waals surface area contributed by atoms with E-state index in [0.29, 0.717) is 95.2 Å². The molecule has 15 N–H and O–H groups in total. The number of carboxylic acid groups (broad SMARTS) is 4. The number of carbonyl (C=O) groups excluding carboxylic acids is 8. The predicted octanol–water partition coefficient (Wildman–Crippen LogP) is 1.95. The van der Waals surface area contributed by atoms with Crippen molar-refractivity contribution >= 4 is 103 Å². The van der Waals surface area contributed by atoms with Gasteiger partial charge in [0.15, 0.2) is 17.6 Å². The van der Waals surface area contributed by atoms with Crippen molar-refractivity contribution in [3.8, 4) is 5.75 Å². The largest absolute Gasteiger partial charge is 0.508 e. The average molecular weight is 1560 g/mol. The molecule has 2 aliphatic heterocycles. The van der Waals surface area contributed by atoms with Gasteiger partial charge in [0.2, 0.25) is 29.5 Å². The number of fused-ring (bicyclic) bond motifs is 1. The third kappa shape index (κ3) is 35.0. The number of nitrogens with one attached hydrogen (secondary N) is 6. The number of amides is 5. The molecular weight excluding hydrogens is 1450 g/mol. The van der Waals surface area contributed by atoms with Crippen molar-refractivity contribution in [2.24, 2.45) is 23.5 Å². The molecule has 0 saturated carbocycles. The zero-order valence-electron chi connectivity index (χ0n) is 60.3. The molecular formula is C72H105CuN11O19S2. The van der Waals surface area contributed by atoms with Gasteiger partial charge in [-0.05, 0) is 86.9 Å². The van der Waals surface area contributed by atoms with Gasteiger partial charge in [-0.15, -0.1) is 0 Å². The van der Waals surface area contributed by atoms with Gasteiger partial charge in [-0.25, -0.2) is 4.79 Å². The number of para-hydroxylation sites is 1. The van der Waals surface area contributed by atoms with Gasteiger partial charge in [0.05, 0.1) is 56.4 Å². The van der Waals surface area contributed by atoms with Crippen LogP contribution >= 0.6 is 21.6 Å². The summed E-state index contributed by atoms with van der Waals surface area (Å²) in [6, 6.07) is 18.2. The van der Waals surface area contributed by atoms with Gasteiger partial charge in [0, 0.05) is 143 Å². The Hall–Kier alpha value is -7.82. The molecule has 2 aliphatic rings. The first-order valence-electron chi connectivity index (χ1n) is 34.9. The monoisotopic (exact) mass is 1550 g/mol. The molecule has 4 aromatic rings. The minimum atomic E-state index is -1.24. The Bertz CT molecular complexity index is 3410. The number of aliphatic carboxylic acids is 4. The Labute approximate surface area is 630 Å². The van der Waals surface area contributed by atoms with Crippen molar-refractivity contribution in [2.75, 3.05) is 96.6 Å². The summed E-state index contributed by atoms with van der Waals surface area (Å²) in [6.45, 7) is 11.5. The number of ketones is 3. The molecule has 2 fully saturated rings. The molecule has 585 valence electrons. The van der Waals surface area contributed by atoms with Crippen LogP contribution in [0.2, 0.25) is 0 Å². The van der Waals surface area contributed by atoms with E-state index in [1.807, 2.05) is 66.4 Å². The van der Waals surface area contributed by atoms with Gasteiger partial charge in [0.25, 0.3) is 0 Å². The second-order valence-electron chi connectivity index (χ2n) is 26.3. The van der Waals surface area contributed by atoms with Gasteiger partial charge in [0.1, 0.15) is 23.6 Å². The SMILES string of the molecule is CC(=O)NC(C(=O)O)[C@@H](C)O.CC1CSSCC(C)C(=O)N[C@@H](Cc2ccc(O)cc2)C(=O)NC(Cc2c[nH]c3ccccc23)C(=O)N[C@@H](CCCCN)C(=O)C[C@@H](C(C)O)C(=O)C1.CCC(=O)C(Cc1ccccc1)NC(=O)CN1CCN(CC(=O)O)CCN(CC(=O)O)CCN(CC(=O)O)CC1.[Cu]. The third-order valence-corrected chi connectivity index (χ3v) is 20.2. The van der Waals surface area contributed by atoms with Gasteiger partial charge in [-0.2, -0.15) is 0 Å². The maximum Gasteiger partial charge on any atom is 0.328 e. The summed E-state index contributed by atoms with van der Waals surface area (Å²) >= 11 is 0. The van der Waals surface area contributed by atoms with Crippen LogP contribution in [0.5, 0.6) is 5.75 Å². The molecule has 5 amide bonds. The Morgan fingerprint density at radius 1 is 0.610 bits per heavy atom. The maximum absolute atomic E-state index is 14.3. The molecule has 3 aromatic carbocycles. The molecule has 0 bridgehead atoms. The molecule has 6 rings (SSSR count). The summed E-state index contributed by atoms with van der Waals surface area (Å²) in [7, 11) is 3.04. The molecule has 6 unspecified atom stereocenters. The Balaban J connectivity index is 0.000000485. The molecule has 1 aromatic heterocycles. The van der Waals surface area contributed by atoms with Crippen LogP contribution < -0.4 is 32.3 Å². The maximum atomic E-state index is 14.3. The summed E-state index contributed by atoms with van der Waals surface area (Å²) in [5.41, 5.74) is 8.97. The molecule has 1 radical (unpaired) electrons. The van der Waals surface area contributed by atoms with Crippen LogP contribution in [-0.2, 0) is 93.9 Å². The summed E-state index contributed by atoms with van der Waals surface area (Å²) < 4.78 is 0. The standard InChI is InChI=1S/C39H53N5O7S2.C27H41N5O8.C6H11NO4.Cu/c1-23-16-35(47)30(25(3)45)19-36(48)32(10-6-7-15-40)42-39(51)34(18-27-20-41-31-9-5-4-8-29(27)31)44-38(50)33(17-26-11-13-28(46)14-12-26)43-37(49)24(2)22-53-52-21-23;1-2-23(33)22(16-21-6-4-3-5-7-21)28-24(34)17-29-8-10-30(18-25(35)36)12-14-32(20-27(39)40)15-13-31(11-9-29)19-26(37)38;1-3(8)5(6(10)11)7-4(2)9;/h4-5,8-9,11-14,20,23-25,30,32-34,41,45-46H,6-7,10,15-19,21-22,40H2,1-3H3,(H,42,51)(H,43,49)(H,44,50);3-7,22H,2,8-20H2,1H3,(H,28,34)(H,35,36)(H,37,38)(H,39,40);3,5,8H,1-2H3,(H,7,9)(H,10,11);/t23?,24?,25?,30-,32-,33-,34?;;3-,5?;/m0.1./s1. The first kappa shape index (κ1) is 91.4. The molecule has 105 heavy (non-hydrogen) atoms. The van der Waals surface area contributed by atoms with E-state index < -0.39 is 95.9 Å². The van der Waals surface area contributed by atoms with Crippen LogP contribution in [0.25, 0.3) is 10.9 Å². The number of aromatic amines is 1. The van der Waals surface area contributed by atoms with Crippen LogP contribution in [0, 0.1) is 17.8 Å². The number of aliphatic hydroxyl groups excluding tert-OH is 2. The number of hydrogen-bond acceptors (Lipinski definition) is 22. The van der Waals surface area contributed by atoms with E-state index in [9.17, 15) is 83.1 Å². The molecule has 30 nitrogen and oxygen atoms in total. The van der Waals surface area contributed by atoms with Crippen LogP contribution in [-0.4, -0.2) is 270 Å². The van der Waals surface area contributed by atoms with Crippen molar-refractivity contribution < 1.29 is 110 Å². The number of Topliss-reactive ketones (excluding diaryl/α,β-unsaturated/α-hetero) is 3. The number of unbranched alkanes of at least 4 members (excludes halogenated alkanes) is 1. The number of aromatic nitrogens is 1. The zero-order valence-corrected chi connectivity index (χ0v) is 62.9. The number of benzene rings is 3. The first-order chi connectivity index (χ1) is 49.3. The number of carbonyl (C=O) groups is 12. The third-order valence-electron chi connectivity index (χ3n) is 17.4. The molecule has 33 heteroatoms. The van der Waals surface area contributed by atoms with Crippen molar-refractivity contribution in [1.29, 1.82) is 0 Å². The number of nitrogens with zero attached hydrogens (tertiary/aromatic N) is 4. The topological polar surface area (TPSA) is 461 Å². The fourth-order valence-electron chi connectivity index (χ4n) is 11.5. The van der Waals surface area contributed by atoms with Crippen molar-refractivity contribution in [1.82, 2.24) is 51.2 Å². The number of nitrogens with two attached hydrogens (primary N) is 1. The van der Waals surface area contributed by atoms with Gasteiger partial charge in [-0.3, -0.25) is 72.3 Å². The number of phenolic OH excluding ortho intramolecular Hbond substituents is 1. The average Bonchev–Trinajstić information content (AvgIpc) is 1.72. The normalized spacial score (nSPS) is 21.1. The Kier molecular flexibility index (Phi) is 42.1. The van der Waals surface area contributed by atoms with Crippen LogP contribution in [0.1, 0.15) is 96.8 Å². The van der Waals surface area contributed by atoms with Crippen LogP contribution in [0.3, 0.4) is 0 Å². The number of H-pyrrole nitrogens is 1. The first-order valence-corrected chi connectivity index (χ1v) is 37.4. The summed E-state index contributed by atoms with van der Waals surface area (Å²) in [5, 5.41) is 80.2. The molecule has 10 atom stereocenters. The number of hydrogen-bond donors (Lipinski definition) is 14. The van der Waals surface area contributed by atoms with Gasteiger partial charge >= 0.3 is 23.9 Å². The minimum absolute atomic E-state index is 0. The number of rotatable bonds is 25.